The Morgan fingerprint density at radius 2 is 2.17 bits per heavy atom. The summed E-state index contributed by atoms with van der Waals surface area (Å²) in [5.41, 5.74) is 0. The van der Waals surface area contributed by atoms with Crippen molar-refractivity contribution < 1.29 is 4.74 Å². The second-order valence-corrected chi connectivity index (χ2v) is 4.11. The van der Waals surface area contributed by atoms with Gasteiger partial charge in [-0.25, -0.2) is 0 Å². The Balaban J connectivity index is 1.92. The molecule has 1 saturated carbocycles. The van der Waals surface area contributed by atoms with Crippen molar-refractivity contribution in [1.82, 2.24) is 5.32 Å². The Hall–Kier alpha value is -0.0800. The van der Waals surface area contributed by atoms with Gasteiger partial charge in [0.1, 0.15) is 0 Å². The van der Waals surface area contributed by atoms with Gasteiger partial charge in [-0.2, -0.15) is 0 Å². The van der Waals surface area contributed by atoms with Crippen molar-refractivity contribution in [1.29, 1.82) is 0 Å². The van der Waals surface area contributed by atoms with Crippen molar-refractivity contribution in [3.05, 3.63) is 0 Å². The van der Waals surface area contributed by atoms with E-state index in [2.05, 4.69) is 12.4 Å². The maximum atomic E-state index is 5.43. The van der Waals surface area contributed by atoms with Crippen molar-refractivity contribution in [3.63, 3.8) is 0 Å². The van der Waals surface area contributed by atoms with Gasteiger partial charge in [-0.1, -0.05) is 6.42 Å². The van der Waals surface area contributed by atoms with Gasteiger partial charge in [-0.05, 0) is 38.1 Å². The summed E-state index contributed by atoms with van der Waals surface area (Å²) in [6, 6.07) is 0.775. The fourth-order valence-corrected chi connectivity index (χ4v) is 2.80. The molecule has 1 aliphatic heterocycles. The van der Waals surface area contributed by atoms with Crippen LogP contribution in [-0.4, -0.2) is 26.3 Å². The van der Waals surface area contributed by atoms with Gasteiger partial charge in [0.25, 0.3) is 0 Å². The molecule has 2 nitrogen and oxygen atoms in total. The number of rotatable bonds is 2. The van der Waals surface area contributed by atoms with E-state index in [4.69, 9.17) is 4.74 Å². The summed E-state index contributed by atoms with van der Waals surface area (Å²) in [6.45, 7) is 2.01. The fourth-order valence-electron chi connectivity index (χ4n) is 2.80. The largest absolute Gasteiger partial charge is 0.381 e. The van der Waals surface area contributed by atoms with Gasteiger partial charge in [0.15, 0.2) is 0 Å². The Morgan fingerprint density at radius 3 is 2.83 bits per heavy atom. The number of nitrogens with one attached hydrogen (secondary N) is 1. The van der Waals surface area contributed by atoms with Gasteiger partial charge in [0.2, 0.25) is 0 Å². The summed E-state index contributed by atoms with van der Waals surface area (Å²) in [5, 5.41) is 3.44. The molecule has 2 heteroatoms. The molecule has 0 aromatic rings. The van der Waals surface area contributed by atoms with Crippen LogP contribution in [0.25, 0.3) is 0 Å². The average Bonchev–Trinajstić information content (AvgIpc) is 2.74. The molecule has 3 atom stereocenters. The van der Waals surface area contributed by atoms with Crippen LogP contribution in [0.1, 0.15) is 25.7 Å². The predicted octanol–water partition coefficient (Wildman–Crippen LogP) is 1.41. The van der Waals surface area contributed by atoms with Gasteiger partial charge in [0, 0.05) is 19.3 Å². The maximum Gasteiger partial charge on any atom is 0.0498 e. The molecular weight excluding hydrogens is 150 g/mol. The standard InChI is InChI=1S/C10H19NO/c1-11-10-4-2-3-9(10)8-5-6-12-7-8/h8-11H,2-7H2,1H3. The molecule has 2 fully saturated rings. The second-order valence-electron chi connectivity index (χ2n) is 4.11. The van der Waals surface area contributed by atoms with E-state index in [0.29, 0.717) is 0 Å². The molecule has 1 saturated heterocycles. The minimum absolute atomic E-state index is 0.775. The maximum absolute atomic E-state index is 5.43. The van der Waals surface area contributed by atoms with Crippen molar-refractivity contribution >= 4 is 0 Å². The molecule has 1 N–H and O–H groups in total. The molecule has 0 aromatic carbocycles. The van der Waals surface area contributed by atoms with Gasteiger partial charge in [-0.15, -0.1) is 0 Å². The topological polar surface area (TPSA) is 21.3 Å². The van der Waals surface area contributed by atoms with Gasteiger partial charge < -0.3 is 10.1 Å². The third kappa shape index (κ3) is 1.50. The fraction of sp³-hybridized carbons (Fsp3) is 1.00. The zero-order valence-corrected chi connectivity index (χ0v) is 7.88. The molecule has 0 bridgehead atoms. The first-order valence-corrected chi connectivity index (χ1v) is 5.17. The molecule has 2 rings (SSSR count). The lowest BCUT2D eigenvalue weighted by atomic mass is 9.87. The minimum atomic E-state index is 0.775. The highest BCUT2D eigenvalue weighted by molar-refractivity contribution is 4.87. The minimum Gasteiger partial charge on any atom is -0.381 e. The van der Waals surface area contributed by atoms with Crippen molar-refractivity contribution in [3.8, 4) is 0 Å². The van der Waals surface area contributed by atoms with Crippen molar-refractivity contribution in [2.45, 2.75) is 31.7 Å². The first kappa shape index (κ1) is 8.52. The molecule has 1 aliphatic carbocycles. The Morgan fingerprint density at radius 1 is 1.25 bits per heavy atom. The van der Waals surface area contributed by atoms with E-state index in [1.807, 2.05) is 0 Å². The summed E-state index contributed by atoms with van der Waals surface area (Å²) >= 11 is 0. The first-order valence-electron chi connectivity index (χ1n) is 5.17. The lowest BCUT2D eigenvalue weighted by molar-refractivity contribution is 0.166. The van der Waals surface area contributed by atoms with E-state index < -0.39 is 0 Å². The molecule has 0 spiro atoms. The normalized spacial score (nSPS) is 42.2. The Bertz CT molecular complexity index is 143. The highest BCUT2D eigenvalue weighted by Crippen LogP contribution is 2.35. The highest BCUT2D eigenvalue weighted by Gasteiger charge is 2.34. The number of hydrogen-bond donors (Lipinski definition) is 1. The zero-order chi connectivity index (χ0) is 8.39. The zero-order valence-electron chi connectivity index (χ0n) is 7.88. The van der Waals surface area contributed by atoms with Crippen LogP contribution in [0.2, 0.25) is 0 Å². The molecule has 0 radical (unpaired) electrons. The van der Waals surface area contributed by atoms with Crippen LogP contribution in [0.3, 0.4) is 0 Å². The van der Waals surface area contributed by atoms with Crippen LogP contribution in [-0.2, 0) is 4.74 Å². The Labute approximate surface area is 74.7 Å². The van der Waals surface area contributed by atoms with Gasteiger partial charge in [-0.3, -0.25) is 0 Å². The van der Waals surface area contributed by atoms with E-state index in [1.165, 1.54) is 25.7 Å². The van der Waals surface area contributed by atoms with E-state index in [1.54, 1.807) is 0 Å². The monoisotopic (exact) mass is 169 g/mol. The summed E-state index contributed by atoms with van der Waals surface area (Å²) in [7, 11) is 2.10. The summed E-state index contributed by atoms with van der Waals surface area (Å²) in [6.07, 6.45) is 5.49. The molecular formula is C10H19NO. The Kier molecular flexibility index (Phi) is 2.66. The molecule has 0 amide bonds. The average molecular weight is 169 g/mol. The van der Waals surface area contributed by atoms with E-state index in [-0.39, 0.29) is 0 Å². The summed E-state index contributed by atoms with van der Waals surface area (Å²) in [5.74, 6) is 1.75. The van der Waals surface area contributed by atoms with Gasteiger partial charge in [0.05, 0.1) is 0 Å². The van der Waals surface area contributed by atoms with Crippen LogP contribution in [0, 0.1) is 11.8 Å². The van der Waals surface area contributed by atoms with Crippen LogP contribution >= 0.6 is 0 Å². The molecule has 70 valence electrons. The molecule has 1 heterocycles. The van der Waals surface area contributed by atoms with Crippen LogP contribution in [0.15, 0.2) is 0 Å². The SMILES string of the molecule is CNC1CCCC1C1CCOC1. The molecule has 2 aliphatic rings. The lowest BCUT2D eigenvalue weighted by Gasteiger charge is -2.23. The lowest BCUT2D eigenvalue weighted by Crippen LogP contribution is -2.33. The van der Waals surface area contributed by atoms with E-state index in [0.717, 1.165) is 31.1 Å². The smallest absolute Gasteiger partial charge is 0.0498 e. The summed E-state index contributed by atoms with van der Waals surface area (Å²) in [4.78, 5) is 0. The molecule has 3 unspecified atom stereocenters. The predicted molar refractivity (Wildman–Crippen MR) is 49.1 cm³/mol. The quantitative estimate of drug-likeness (QED) is 0.675. The highest BCUT2D eigenvalue weighted by atomic mass is 16.5. The second kappa shape index (κ2) is 3.75. The molecule has 12 heavy (non-hydrogen) atoms. The van der Waals surface area contributed by atoms with Crippen LogP contribution in [0.4, 0.5) is 0 Å². The summed E-state index contributed by atoms with van der Waals surface area (Å²) < 4.78 is 5.43. The first-order chi connectivity index (χ1) is 5.92. The van der Waals surface area contributed by atoms with Crippen LogP contribution in [0.5, 0.6) is 0 Å². The van der Waals surface area contributed by atoms with Gasteiger partial charge >= 0.3 is 0 Å². The number of hydrogen-bond acceptors (Lipinski definition) is 2. The molecule has 0 aromatic heterocycles. The van der Waals surface area contributed by atoms with Crippen molar-refractivity contribution in [2.75, 3.05) is 20.3 Å². The third-order valence-electron chi connectivity index (χ3n) is 3.51. The van der Waals surface area contributed by atoms with E-state index in [9.17, 15) is 0 Å². The van der Waals surface area contributed by atoms with Crippen LogP contribution < -0.4 is 5.32 Å². The number of ether oxygens (including phenoxy) is 1. The third-order valence-corrected chi connectivity index (χ3v) is 3.51. The van der Waals surface area contributed by atoms with E-state index >= 15 is 0 Å². The van der Waals surface area contributed by atoms with Crippen molar-refractivity contribution in [2.24, 2.45) is 11.8 Å².